The topological polar surface area (TPSA) is 88.9 Å². The summed E-state index contributed by atoms with van der Waals surface area (Å²) in [4.78, 5) is 21.8. The summed E-state index contributed by atoms with van der Waals surface area (Å²) in [5.41, 5.74) is 3.23. The van der Waals surface area contributed by atoms with Crippen LogP contribution < -0.4 is 10.1 Å². The molecule has 1 amide bonds. The Morgan fingerprint density at radius 2 is 2.11 bits per heavy atom. The number of carbonyl (C=O) groups excluding carboxylic acids is 1. The zero-order chi connectivity index (χ0) is 19.5. The molecule has 2 aliphatic heterocycles. The first kappa shape index (κ1) is 18.4. The minimum atomic E-state index is -0.216. The number of methoxy groups -OCH3 is 1. The van der Waals surface area contributed by atoms with E-state index in [4.69, 9.17) is 9.47 Å². The number of nitrogens with zero attached hydrogens (tertiary/aromatic N) is 4. The van der Waals surface area contributed by atoms with Crippen LogP contribution in [0.2, 0.25) is 0 Å². The van der Waals surface area contributed by atoms with Gasteiger partial charge in [-0.15, -0.1) is 0 Å². The fraction of sp³-hybridized carbons (Fsp3) is 0.400. The van der Waals surface area contributed by atoms with Gasteiger partial charge in [0.25, 0.3) is 5.91 Å². The average molecular weight is 381 g/mol. The van der Waals surface area contributed by atoms with E-state index in [1.54, 1.807) is 37.8 Å². The van der Waals surface area contributed by atoms with Crippen LogP contribution in [0, 0.1) is 0 Å². The molecule has 8 heteroatoms. The van der Waals surface area contributed by atoms with Crippen molar-refractivity contribution in [2.24, 2.45) is 5.10 Å². The van der Waals surface area contributed by atoms with Gasteiger partial charge in [0.2, 0.25) is 0 Å². The van der Waals surface area contributed by atoms with Gasteiger partial charge in [-0.3, -0.25) is 14.8 Å². The SMILES string of the molecule is COc1ccc(C2CCOCC2)c2ncc(NC(=O)C3=CN(C)N=CC3)nc12. The van der Waals surface area contributed by atoms with Crippen LogP contribution in [0.5, 0.6) is 5.75 Å². The molecule has 2 aromatic rings. The highest BCUT2D eigenvalue weighted by atomic mass is 16.5. The van der Waals surface area contributed by atoms with Crippen LogP contribution in [0.3, 0.4) is 0 Å². The summed E-state index contributed by atoms with van der Waals surface area (Å²) >= 11 is 0. The lowest BCUT2D eigenvalue weighted by atomic mass is 9.90. The van der Waals surface area contributed by atoms with Crippen LogP contribution in [0.4, 0.5) is 5.82 Å². The second-order valence-electron chi connectivity index (χ2n) is 6.88. The number of nitrogens with one attached hydrogen (secondary N) is 1. The number of aromatic nitrogens is 2. The molecule has 0 spiro atoms. The lowest BCUT2D eigenvalue weighted by Crippen LogP contribution is -2.20. The fourth-order valence-corrected chi connectivity index (χ4v) is 3.59. The van der Waals surface area contributed by atoms with Crippen molar-refractivity contribution in [2.75, 3.05) is 32.7 Å². The van der Waals surface area contributed by atoms with Crippen molar-refractivity contribution >= 4 is 29.0 Å². The zero-order valence-electron chi connectivity index (χ0n) is 16.0. The normalized spacial score (nSPS) is 17.5. The number of hydrogen-bond donors (Lipinski definition) is 1. The molecule has 1 saturated heterocycles. The molecular weight excluding hydrogens is 358 g/mol. The molecule has 1 N–H and O–H groups in total. The number of benzene rings is 1. The maximum Gasteiger partial charge on any atom is 0.254 e. The summed E-state index contributed by atoms with van der Waals surface area (Å²) in [6, 6.07) is 3.98. The highest BCUT2D eigenvalue weighted by Crippen LogP contribution is 2.35. The van der Waals surface area contributed by atoms with Crippen LogP contribution in [-0.4, -0.2) is 54.5 Å². The smallest absolute Gasteiger partial charge is 0.254 e. The van der Waals surface area contributed by atoms with Gasteiger partial charge in [-0.2, -0.15) is 5.10 Å². The third-order valence-corrected chi connectivity index (χ3v) is 5.03. The first-order chi connectivity index (χ1) is 13.7. The highest BCUT2D eigenvalue weighted by molar-refractivity contribution is 6.05. The van der Waals surface area contributed by atoms with Gasteiger partial charge in [-0.05, 0) is 30.4 Å². The Balaban J connectivity index is 1.65. The number of rotatable bonds is 4. The molecule has 28 heavy (non-hydrogen) atoms. The molecule has 1 aromatic carbocycles. The molecular formula is C20H23N5O3. The predicted octanol–water partition coefficient (Wildman–Crippen LogP) is 2.68. The van der Waals surface area contributed by atoms with E-state index in [1.807, 2.05) is 6.07 Å². The van der Waals surface area contributed by atoms with Crippen LogP contribution in [-0.2, 0) is 9.53 Å². The van der Waals surface area contributed by atoms with E-state index >= 15 is 0 Å². The highest BCUT2D eigenvalue weighted by Gasteiger charge is 2.21. The summed E-state index contributed by atoms with van der Waals surface area (Å²) in [5, 5.41) is 8.52. The third kappa shape index (κ3) is 3.68. The van der Waals surface area contributed by atoms with Gasteiger partial charge >= 0.3 is 0 Å². The fourth-order valence-electron chi connectivity index (χ4n) is 3.59. The first-order valence-corrected chi connectivity index (χ1v) is 9.34. The molecule has 8 nitrogen and oxygen atoms in total. The van der Waals surface area contributed by atoms with E-state index < -0.39 is 0 Å². The Morgan fingerprint density at radius 1 is 1.29 bits per heavy atom. The monoisotopic (exact) mass is 381 g/mol. The summed E-state index contributed by atoms with van der Waals surface area (Å²) in [7, 11) is 3.39. The number of ether oxygens (including phenoxy) is 2. The minimum absolute atomic E-state index is 0.216. The Labute approximate surface area is 163 Å². The lowest BCUT2D eigenvalue weighted by molar-refractivity contribution is -0.113. The summed E-state index contributed by atoms with van der Waals surface area (Å²) in [5.74, 6) is 1.20. The molecule has 0 unspecified atom stereocenters. The number of fused-ring (bicyclic) bond motifs is 1. The summed E-state index contributed by atoms with van der Waals surface area (Å²) < 4.78 is 11.0. The minimum Gasteiger partial charge on any atom is -0.494 e. The molecule has 0 radical (unpaired) electrons. The Bertz CT molecular complexity index is 950. The summed E-state index contributed by atoms with van der Waals surface area (Å²) in [6.45, 7) is 1.51. The first-order valence-electron chi connectivity index (χ1n) is 9.34. The number of hydrazone groups is 1. The van der Waals surface area contributed by atoms with Crippen molar-refractivity contribution in [3.63, 3.8) is 0 Å². The average Bonchev–Trinajstić information content (AvgIpc) is 2.73. The molecule has 1 aromatic heterocycles. The van der Waals surface area contributed by atoms with Crippen LogP contribution in [0.1, 0.15) is 30.7 Å². The quantitative estimate of drug-likeness (QED) is 0.876. The zero-order valence-corrected chi connectivity index (χ0v) is 16.0. The molecule has 4 rings (SSSR count). The van der Waals surface area contributed by atoms with E-state index in [-0.39, 0.29) is 5.91 Å². The van der Waals surface area contributed by atoms with E-state index in [2.05, 4.69) is 26.5 Å². The van der Waals surface area contributed by atoms with Crippen molar-refractivity contribution in [3.05, 3.63) is 35.7 Å². The van der Waals surface area contributed by atoms with Crippen LogP contribution >= 0.6 is 0 Å². The molecule has 3 heterocycles. The van der Waals surface area contributed by atoms with Gasteiger partial charge in [-0.1, -0.05) is 6.07 Å². The van der Waals surface area contributed by atoms with Crippen molar-refractivity contribution in [1.82, 2.24) is 15.0 Å². The summed E-state index contributed by atoms with van der Waals surface area (Å²) in [6.07, 6.45) is 7.41. The van der Waals surface area contributed by atoms with Gasteiger partial charge in [0.1, 0.15) is 11.3 Å². The van der Waals surface area contributed by atoms with Crippen molar-refractivity contribution < 1.29 is 14.3 Å². The number of anilines is 1. The molecule has 0 saturated carbocycles. The Hall–Kier alpha value is -3.00. The van der Waals surface area contributed by atoms with E-state index in [9.17, 15) is 4.79 Å². The van der Waals surface area contributed by atoms with Crippen molar-refractivity contribution in [2.45, 2.75) is 25.2 Å². The standard InChI is InChI=1S/C20H23N5O3/c1-25-12-14(5-8-22-25)20(26)24-17-11-21-18-15(13-6-9-28-10-7-13)3-4-16(27-2)19(18)23-17/h3-4,8,11-13H,5-7,9-10H2,1-2H3,(H,23,24,26). The van der Waals surface area contributed by atoms with Gasteiger partial charge in [0.05, 0.1) is 18.8 Å². The number of carbonyl (C=O) groups is 1. The van der Waals surface area contributed by atoms with E-state index in [0.29, 0.717) is 35.0 Å². The van der Waals surface area contributed by atoms with Crippen LogP contribution in [0.15, 0.2) is 35.2 Å². The second-order valence-corrected chi connectivity index (χ2v) is 6.88. The predicted molar refractivity (Wildman–Crippen MR) is 106 cm³/mol. The molecule has 0 bridgehead atoms. The molecule has 1 fully saturated rings. The molecule has 0 atom stereocenters. The largest absolute Gasteiger partial charge is 0.494 e. The van der Waals surface area contributed by atoms with E-state index in [1.165, 1.54) is 0 Å². The van der Waals surface area contributed by atoms with E-state index in [0.717, 1.165) is 37.1 Å². The lowest BCUT2D eigenvalue weighted by Gasteiger charge is -2.23. The number of amides is 1. The third-order valence-electron chi connectivity index (χ3n) is 5.03. The van der Waals surface area contributed by atoms with Crippen molar-refractivity contribution in [1.29, 1.82) is 0 Å². The van der Waals surface area contributed by atoms with Gasteiger partial charge in [0.15, 0.2) is 5.82 Å². The number of hydrogen-bond acceptors (Lipinski definition) is 7. The maximum atomic E-state index is 12.5. The maximum absolute atomic E-state index is 12.5. The molecule has 2 aliphatic rings. The molecule has 146 valence electrons. The Morgan fingerprint density at radius 3 is 2.86 bits per heavy atom. The van der Waals surface area contributed by atoms with Gasteiger partial charge in [0, 0.05) is 44.7 Å². The van der Waals surface area contributed by atoms with Gasteiger partial charge in [-0.25, -0.2) is 4.98 Å². The second kappa shape index (κ2) is 7.93. The van der Waals surface area contributed by atoms with Crippen LogP contribution in [0.25, 0.3) is 11.0 Å². The molecule has 0 aliphatic carbocycles. The Kier molecular flexibility index (Phi) is 5.21. The van der Waals surface area contributed by atoms with Gasteiger partial charge < -0.3 is 14.8 Å². The van der Waals surface area contributed by atoms with Crippen molar-refractivity contribution in [3.8, 4) is 5.75 Å².